The SMILES string of the molecule is CC(C)(C)OC(=O)N1C[C@H](c2cccnc2)[C@@H](O)C1. The third kappa shape index (κ3) is 3.44. The quantitative estimate of drug-likeness (QED) is 0.839. The van der Waals surface area contributed by atoms with Gasteiger partial charge in [-0.3, -0.25) is 4.98 Å². The minimum Gasteiger partial charge on any atom is -0.444 e. The molecule has 2 heterocycles. The van der Waals surface area contributed by atoms with Gasteiger partial charge in [0, 0.05) is 24.9 Å². The molecule has 1 aromatic heterocycles. The van der Waals surface area contributed by atoms with Crippen molar-refractivity contribution in [3.8, 4) is 0 Å². The maximum absolute atomic E-state index is 12.0. The molecule has 1 amide bonds. The van der Waals surface area contributed by atoms with Gasteiger partial charge in [-0.1, -0.05) is 6.07 Å². The van der Waals surface area contributed by atoms with Crippen LogP contribution in [0.2, 0.25) is 0 Å². The molecule has 1 N–H and O–H groups in total. The average Bonchev–Trinajstić information content (AvgIpc) is 2.70. The summed E-state index contributed by atoms with van der Waals surface area (Å²) in [5, 5.41) is 10.1. The van der Waals surface area contributed by atoms with E-state index in [9.17, 15) is 9.90 Å². The summed E-state index contributed by atoms with van der Waals surface area (Å²) >= 11 is 0. The molecule has 1 aliphatic heterocycles. The van der Waals surface area contributed by atoms with Crippen LogP contribution >= 0.6 is 0 Å². The van der Waals surface area contributed by atoms with Gasteiger partial charge in [0.05, 0.1) is 12.6 Å². The highest BCUT2D eigenvalue weighted by Crippen LogP contribution is 2.28. The number of ether oxygens (including phenoxy) is 1. The first-order chi connectivity index (χ1) is 8.87. The van der Waals surface area contributed by atoms with Crippen molar-refractivity contribution in [2.45, 2.75) is 38.4 Å². The summed E-state index contributed by atoms with van der Waals surface area (Å²) in [4.78, 5) is 17.6. The Hall–Kier alpha value is -1.62. The number of aromatic nitrogens is 1. The second-order valence-electron chi connectivity index (χ2n) is 5.85. The molecule has 0 aliphatic carbocycles. The Labute approximate surface area is 113 Å². The molecule has 0 saturated carbocycles. The first-order valence-electron chi connectivity index (χ1n) is 6.43. The molecule has 0 spiro atoms. The number of pyridine rings is 1. The molecule has 1 saturated heterocycles. The number of likely N-dealkylation sites (tertiary alicyclic amines) is 1. The Kier molecular flexibility index (Phi) is 3.75. The molecule has 2 atom stereocenters. The lowest BCUT2D eigenvalue weighted by molar-refractivity contribution is 0.0270. The minimum atomic E-state index is -0.572. The van der Waals surface area contributed by atoms with Gasteiger partial charge in [-0.25, -0.2) is 4.79 Å². The lowest BCUT2D eigenvalue weighted by atomic mass is 9.98. The summed E-state index contributed by atoms with van der Waals surface area (Å²) in [5.41, 5.74) is 0.426. The van der Waals surface area contributed by atoms with Crippen LogP contribution in [0.15, 0.2) is 24.5 Å². The van der Waals surface area contributed by atoms with Gasteiger partial charge in [0.2, 0.25) is 0 Å². The van der Waals surface area contributed by atoms with Gasteiger partial charge in [-0.2, -0.15) is 0 Å². The van der Waals surface area contributed by atoms with Gasteiger partial charge in [0.1, 0.15) is 5.60 Å². The molecule has 0 bridgehead atoms. The summed E-state index contributed by atoms with van der Waals surface area (Å²) in [6.07, 6.45) is 2.47. The number of rotatable bonds is 1. The molecular weight excluding hydrogens is 244 g/mol. The van der Waals surface area contributed by atoms with Crippen molar-refractivity contribution in [1.29, 1.82) is 0 Å². The smallest absolute Gasteiger partial charge is 0.410 e. The number of carbonyl (C=O) groups excluding carboxylic acids is 1. The largest absolute Gasteiger partial charge is 0.444 e. The Bertz CT molecular complexity index is 442. The Balaban J connectivity index is 2.04. The van der Waals surface area contributed by atoms with Crippen LogP contribution in [0.4, 0.5) is 4.79 Å². The van der Waals surface area contributed by atoms with Crippen LogP contribution in [-0.2, 0) is 4.74 Å². The molecule has 104 valence electrons. The number of aliphatic hydroxyl groups is 1. The fourth-order valence-corrected chi connectivity index (χ4v) is 2.19. The Morgan fingerprint density at radius 1 is 1.47 bits per heavy atom. The Morgan fingerprint density at radius 3 is 2.79 bits per heavy atom. The van der Waals surface area contributed by atoms with E-state index in [0.29, 0.717) is 13.1 Å². The van der Waals surface area contributed by atoms with Crippen molar-refractivity contribution in [2.75, 3.05) is 13.1 Å². The number of nitrogens with zero attached hydrogens (tertiary/aromatic N) is 2. The van der Waals surface area contributed by atoms with E-state index in [-0.39, 0.29) is 12.0 Å². The van der Waals surface area contributed by atoms with Gasteiger partial charge in [-0.05, 0) is 32.4 Å². The normalized spacial score (nSPS) is 23.5. The van der Waals surface area contributed by atoms with Crippen LogP contribution in [0.3, 0.4) is 0 Å². The topological polar surface area (TPSA) is 62.7 Å². The molecule has 5 heteroatoms. The van der Waals surface area contributed by atoms with Crippen molar-refractivity contribution in [1.82, 2.24) is 9.88 Å². The van der Waals surface area contributed by atoms with Crippen LogP contribution < -0.4 is 0 Å². The van der Waals surface area contributed by atoms with Gasteiger partial charge in [-0.15, -0.1) is 0 Å². The summed E-state index contributed by atoms with van der Waals surface area (Å²) in [5.74, 6) is -0.0961. The van der Waals surface area contributed by atoms with E-state index < -0.39 is 11.7 Å². The fraction of sp³-hybridized carbons (Fsp3) is 0.571. The van der Waals surface area contributed by atoms with E-state index in [0.717, 1.165) is 5.56 Å². The van der Waals surface area contributed by atoms with Gasteiger partial charge in [0.25, 0.3) is 0 Å². The number of aliphatic hydroxyl groups excluding tert-OH is 1. The van der Waals surface area contributed by atoms with E-state index in [1.807, 2.05) is 32.9 Å². The van der Waals surface area contributed by atoms with Gasteiger partial charge >= 0.3 is 6.09 Å². The zero-order chi connectivity index (χ0) is 14.0. The van der Waals surface area contributed by atoms with Crippen molar-refractivity contribution in [3.63, 3.8) is 0 Å². The summed E-state index contributed by atoms with van der Waals surface area (Å²) in [6, 6.07) is 3.75. The van der Waals surface area contributed by atoms with Crippen molar-refractivity contribution in [3.05, 3.63) is 30.1 Å². The summed E-state index contributed by atoms with van der Waals surface area (Å²) in [7, 11) is 0. The molecule has 5 nitrogen and oxygen atoms in total. The molecule has 1 aliphatic rings. The number of β-amino-alcohol motifs (C(OH)–C–C–N with tert-alkyl or cyclic N) is 1. The Morgan fingerprint density at radius 2 is 2.21 bits per heavy atom. The molecule has 0 unspecified atom stereocenters. The van der Waals surface area contributed by atoms with Gasteiger partial charge in [0.15, 0.2) is 0 Å². The highest BCUT2D eigenvalue weighted by atomic mass is 16.6. The van der Waals surface area contributed by atoms with E-state index in [1.54, 1.807) is 17.3 Å². The van der Waals surface area contributed by atoms with E-state index in [1.165, 1.54) is 0 Å². The minimum absolute atomic E-state index is 0.0961. The lowest BCUT2D eigenvalue weighted by Crippen LogP contribution is -2.35. The third-order valence-corrected chi connectivity index (χ3v) is 3.05. The molecule has 0 radical (unpaired) electrons. The molecule has 19 heavy (non-hydrogen) atoms. The average molecular weight is 264 g/mol. The monoisotopic (exact) mass is 264 g/mol. The molecule has 0 aromatic carbocycles. The zero-order valence-corrected chi connectivity index (χ0v) is 11.5. The summed E-state index contributed by atoms with van der Waals surface area (Å²) < 4.78 is 5.31. The predicted octanol–water partition coefficient (Wildman–Crippen LogP) is 1.78. The van der Waals surface area contributed by atoms with Crippen LogP contribution in [0, 0.1) is 0 Å². The molecular formula is C14H20N2O3. The predicted molar refractivity (Wildman–Crippen MR) is 70.8 cm³/mol. The number of carbonyl (C=O) groups is 1. The number of amides is 1. The third-order valence-electron chi connectivity index (χ3n) is 3.05. The van der Waals surface area contributed by atoms with E-state index in [4.69, 9.17) is 4.74 Å². The van der Waals surface area contributed by atoms with Crippen molar-refractivity contribution < 1.29 is 14.6 Å². The van der Waals surface area contributed by atoms with Crippen molar-refractivity contribution in [2.24, 2.45) is 0 Å². The first kappa shape index (κ1) is 13.8. The van der Waals surface area contributed by atoms with E-state index >= 15 is 0 Å². The zero-order valence-electron chi connectivity index (χ0n) is 11.5. The summed E-state index contributed by atoms with van der Waals surface area (Å²) in [6.45, 7) is 6.25. The fourth-order valence-electron chi connectivity index (χ4n) is 2.19. The number of hydrogen-bond acceptors (Lipinski definition) is 4. The highest BCUT2D eigenvalue weighted by molar-refractivity contribution is 5.68. The maximum Gasteiger partial charge on any atom is 0.410 e. The van der Waals surface area contributed by atoms with E-state index in [2.05, 4.69) is 4.98 Å². The molecule has 2 rings (SSSR count). The standard InChI is InChI=1S/C14H20N2O3/c1-14(2,3)19-13(18)16-8-11(12(17)9-16)10-5-4-6-15-7-10/h4-7,11-12,17H,8-9H2,1-3H3/t11-,12+/m1/s1. The first-order valence-corrected chi connectivity index (χ1v) is 6.43. The van der Waals surface area contributed by atoms with Crippen LogP contribution in [0.5, 0.6) is 0 Å². The van der Waals surface area contributed by atoms with Crippen LogP contribution in [0.25, 0.3) is 0 Å². The maximum atomic E-state index is 12.0. The lowest BCUT2D eigenvalue weighted by Gasteiger charge is -2.24. The van der Waals surface area contributed by atoms with Gasteiger partial charge < -0.3 is 14.7 Å². The second kappa shape index (κ2) is 5.17. The van der Waals surface area contributed by atoms with Crippen molar-refractivity contribution >= 4 is 6.09 Å². The second-order valence-corrected chi connectivity index (χ2v) is 5.85. The van der Waals surface area contributed by atoms with Crippen LogP contribution in [0.1, 0.15) is 32.3 Å². The highest BCUT2D eigenvalue weighted by Gasteiger charge is 2.36. The van der Waals surface area contributed by atoms with Crippen LogP contribution in [-0.4, -0.2) is 45.9 Å². The molecule has 1 fully saturated rings. The number of hydrogen-bond donors (Lipinski definition) is 1. The molecule has 1 aromatic rings.